The first kappa shape index (κ1) is 13.1. The van der Waals surface area contributed by atoms with Crippen LogP contribution < -0.4 is 10.7 Å². The third kappa shape index (κ3) is 2.90. The zero-order chi connectivity index (χ0) is 14.0. The average molecular weight is 271 g/mol. The summed E-state index contributed by atoms with van der Waals surface area (Å²) in [6, 6.07) is 2.93. The summed E-state index contributed by atoms with van der Waals surface area (Å²) in [7, 11) is 0. The molecule has 8 heteroatoms. The number of halogens is 3. The molecule has 100 valence electrons. The molecule has 0 unspecified atom stereocenters. The van der Waals surface area contributed by atoms with Gasteiger partial charge in [0.1, 0.15) is 17.8 Å². The van der Waals surface area contributed by atoms with E-state index < -0.39 is 24.1 Å². The summed E-state index contributed by atoms with van der Waals surface area (Å²) in [5.74, 6) is -1.08. The molecule has 0 fully saturated rings. The zero-order valence-corrected chi connectivity index (χ0v) is 9.41. The van der Waals surface area contributed by atoms with Gasteiger partial charge >= 0.3 is 6.18 Å². The highest BCUT2D eigenvalue weighted by atomic mass is 19.4. The number of amides is 1. The number of aromatic amines is 1. The Bertz CT molecular complexity index is 679. The van der Waals surface area contributed by atoms with Crippen LogP contribution in [-0.2, 0) is 0 Å². The molecule has 2 aromatic heterocycles. The number of carbonyl (C=O) groups excluding carboxylic acids is 1. The first-order chi connectivity index (χ1) is 8.88. The van der Waals surface area contributed by atoms with Crippen molar-refractivity contribution < 1.29 is 18.0 Å². The average Bonchev–Trinajstić information content (AvgIpc) is 2.36. The Morgan fingerprint density at radius 1 is 1.42 bits per heavy atom. The van der Waals surface area contributed by atoms with E-state index in [1.807, 2.05) is 0 Å². The third-order valence-electron chi connectivity index (χ3n) is 2.34. The minimum Gasteiger partial charge on any atom is -0.345 e. The van der Waals surface area contributed by atoms with E-state index in [0.717, 1.165) is 6.20 Å². The normalized spacial score (nSPS) is 11.5. The van der Waals surface area contributed by atoms with Gasteiger partial charge in [-0.2, -0.15) is 13.2 Å². The van der Waals surface area contributed by atoms with Crippen molar-refractivity contribution in [2.24, 2.45) is 0 Å². The standard InChI is InChI=1S/C11H8F3N3O2/c12-11(13,14)5-17-10(19)7-4-16-9-6(8(7)18)2-1-3-15-9/h1-4H,5H2,(H,17,19)(H,15,16,18). The lowest BCUT2D eigenvalue weighted by Crippen LogP contribution is -2.36. The van der Waals surface area contributed by atoms with E-state index in [0.29, 0.717) is 0 Å². The van der Waals surface area contributed by atoms with Gasteiger partial charge < -0.3 is 10.3 Å². The molecule has 0 aromatic carbocycles. The summed E-state index contributed by atoms with van der Waals surface area (Å²) in [5, 5.41) is 1.78. The number of fused-ring (bicyclic) bond motifs is 1. The molecule has 5 nitrogen and oxygen atoms in total. The molecule has 0 saturated carbocycles. The van der Waals surface area contributed by atoms with Gasteiger partial charge in [-0.05, 0) is 12.1 Å². The lowest BCUT2D eigenvalue weighted by Gasteiger charge is -2.08. The van der Waals surface area contributed by atoms with Crippen molar-refractivity contribution in [3.63, 3.8) is 0 Å². The van der Waals surface area contributed by atoms with E-state index in [1.165, 1.54) is 18.3 Å². The van der Waals surface area contributed by atoms with E-state index in [9.17, 15) is 22.8 Å². The number of hydrogen-bond acceptors (Lipinski definition) is 3. The lowest BCUT2D eigenvalue weighted by molar-refractivity contribution is -0.123. The maximum atomic E-state index is 12.0. The number of rotatable bonds is 2. The number of carbonyl (C=O) groups is 1. The maximum absolute atomic E-state index is 12.0. The summed E-state index contributed by atoms with van der Waals surface area (Å²) in [6.45, 7) is -1.49. The van der Waals surface area contributed by atoms with Crippen LogP contribution in [0.2, 0.25) is 0 Å². The van der Waals surface area contributed by atoms with Crippen LogP contribution in [0.4, 0.5) is 13.2 Å². The first-order valence-electron chi connectivity index (χ1n) is 5.20. The van der Waals surface area contributed by atoms with Crippen molar-refractivity contribution in [3.8, 4) is 0 Å². The molecule has 0 aliphatic heterocycles. The number of hydrogen-bond donors (Lipinski definition) is 2. The largest absolute Gasteiger partial charge is 0.405 e. The van der Waals surface area contributed by atoms with Crippen LogP contribution in [0.25, 0.3) is 11.0 Å². The van der Waals surface area contributed by atoms with Crippen LogP contribution in [0.3, 0.4) is 0 Å². The van der Waals surface area contributed by atoms with Gasteiger partial charge in [0.15, 0.2) is 0 Å². The Morgan fingerprint density at radius 2 is 2.16 bits per heavy atom. The van der Waals surface area contributed by atoms with Crippen molar-refractivity contribution in [2.75, 3.05) is 6.54 Å². The first-order valence-corrected chi connectivity index (χ1v) is 5.20. The third-order valence-corrected chi connectivity index (χ3v) is 2.34. The van der Waals surface area contributed by atoms with Gasteiger partial charge in [0.25, 0.3) is 5.91 Å². The SMILES string of the molecule is O=C(NCC(F)(F)F)c1c[nH]c2ncccc2c1=O. The summed E-state index contributed by atoms with van der Waals surface area (Å²) in [5.41, 5.74) is -0.786. The second-order valence-electron chi connectivity index (χ2n) is 3.73. The monoisotopic (exact) mass is 271 g/mol. The highest BCUT2D eigenvalue weighted by Crippen LogP contribution is 2.12. The topological polar surface area (TPSA) is 74.8 Å². The Kier molecular flexibility index (Phi) is 3.24. The van der Waals surface area contributed by atoms with E-state index >= 15 is 0 Å². The minimum atomic E-state index is -4.53. The minimum absolute atomic E-state index is 0.141. The predicted octanol–water partition coefficient (Wildman–Crippen LogP) is 1.22. The Labute approximate surface area is 104 Å². The molecule has 0 aliphatic carbocycles. The fourth-order valence-corrected chi connectivity index (χ4v) is 1.50. The Morgan fingerprint density at radius 3 is 2.84 bits per heavy atom. The molecule has 2 rings (SSSR count). The van der Waals surface area contributed by atoms with Gasteiger partial charge in [0.05, 0.1) is 5.39 Å². The van der Waals surface area contributed by atoms with Crippen molar-refractivity contribution in [3.05, 3.63) is 40.3 Å². The zero-order valence-electron chi connectivity index (χ0n) is 9.41. The van der Waals surface area contributed by atoms with Gasteiger partial charge in [-0.1, -0.05) is 0 Å². The second kappa shape index (κ2) is 4.71. The molecule has 0 saturated heterocycles. The molecule has 2 N–H and O–H groups in total. The van der Waals surface area contributed by atoms with Crippen molar-refractivity contribution in [1.29, 1.82) is 0 Å². The number of pyridine rings is 2. The summed E-state index contributed by atoms with van der Waals surface area (Å²) < 4.78 is 35.9. The number of aromatic nitrogens is 2. The molecule has 2 aromatic rings. The molecule has 19 heavy (non-hydrogen) atoms. The van der Waals surface area contributed by atoms with Crippen LogP contribution in [0, 0.1) is 0 Å². The molecule has 2 heterocycles. The molecule has 0 atom stereocenters. The molecule has 0 aliphatic rings. The maximum Gasteiger partial charge on any atom is 0.405 e. The van der Waals surface area contributed by atoms with Crippen molar-refractivity contribution >= 4 is 16.9 Å². The number of H-pyrrole nitrogens is 1. The summed E-state index contributed by atoms with van der Waals surface area (Å²) in [6.07, 6.45) is -2.04. The van der Waals surface area contributed by atoms with Crippen LogP contribution in [0.15, 0.2) is 29.3 Å². The van der Waals surface area contributed by atoms with Crippen LogP contribution in [0.1, 0.15) is 10.4 Å². The number of nitrogens with zero attached hydrogens (tertiary/aromatic N) is 1. The number of alkyl halides is 3. The second-order valence-corrected chi connectivity index (χ2v) is 3.73. The van der Waals surface area contributed by atoms with Gasteiger partial charge in [-0.25, -0.2) is 4.98 Å². The molecule has 0 spiro atoms. The van der Waals surface area contributed by atoms with Crippen molar-refractivity contribution in [1.82, 2.24) is 15.3 Å². The quantitative estimate of drug-likeness (QED) is 0.862. The van der Waals surface area contributed by atoms with Gasteiger partial charge in [-0.3, -0.25) is 9.59 Å². The van der Waals surface area contributed by atoms with E-state index in [1.54, 1.807) is 5.32 Å². The van der Waals surface area contributed by atoms with Gasteiger partial charge in [0.2, 0.25) is 5.43 Å². The molecule has 0 radical (unpaired) electrons. The predicted molar refractivity (Wildman–Crippen MR) is 60.8 cm³/mol. The van der Waals surface area contributed by atoms with E-state index in [4.69, 9.17) is 0 Å². The Balaban J connectivity index is 2.33. The highest BCUT2D eigenvalue weighted by molar-refractivity contribution is 5.96. The summed E-state index contributed by atoms with van der Waals surface area (Å²) in [4.78, 5) is 29.8. The molecule has 0 bridgehead atoms. The van der Waals surface area contributed by atoms with E-state index in [2.05, 4.69) is 9.97 Å². The van der Waals surface area contributed by atoms with Crippen LogP contribution in [0.5, 0.6) is 0 Å². The van der Waals surface area contributed by atoms with Crippen LogP contribution in [-0.4, -0.2) is 28.6 Å². The van der Waals surface area contributed by atoms with Gasteiger partial charge in [-0.15, -0.1) is 0 Å². The lowest BCUT2D eigenvalue weighted by atomic mass is 10.2. The van der Waals surface area contributed by atoms with Gasteiger partial charge in [0, 0.05) is 12.4 Å². The molecule has 1 amide bonds. The van der Waals surface area contributed by atoms with E-state index in [-0.39, 0.29) is 16.6 Å². The smallest absolute Gasteiger partial charge is 0.345 e. The fourth-order valence-electron chi connectivity index (χ4n) is 1.50. The Hall–Kier alpha value is -2.38. The van der Waals surface area contributed by atoms with Crippen molar-refractivity contribution in [2.45, 2.75) is 6.18 Å². The molecular formula is C11H8F3N3O2. The fraction of sp³-hybridized carbons (Fsp3) is 0.182. The number of nitrogens with one attached hydrogen (secondary N) is 2. The summed E-state index contributed by atoms with van der Waals surface area (Å²) >= 11 is 0. The van der Waals surface area contributed by atoms with Crippen LogP contribution >= 0.6 is 0 Å². The molecular weight excluding hydrogens is 263 g/mol. The highest BCUT2D eigenvalue weighted by Gasteiger charge is 2.28.